The molecule has 14 heavy (non-hydrogen) atoms. The molecule has 0 aromatic carbocycles. The van der Waals surface area contributed by atoms with Crippen molar-refractivity contribution < 1.29 is 0 Å². The average Bonchev–Trinajstić information content (AvgIpc) is 2.15. The Morgan fingerprint density at radius 1 is 1.43 bits per heavy atom. The maximum atomic E-state index is 3.51. The van der Waals surface area contributed by atoms with Gasteiger partial charge in [-0.25, -0.2) is 0 Å². The molecule has 0 spiro atoms. The lowest BCUT2D eigenvalue weighted by atomic mass is 9.93. The molecule has 0 aliphatic carbocycles. The van der Waals surface area contributed by atoms with Crippen LogP contribution in [-0.4, -0.2) is 37.6 Å². The van der Waals surface area contributed by atoms with E-state index in [2.05, 4.69) is 31.1 Å². The van der Waals surface area contributed by atoms with Crippen LogP contribution < -0.4 is 5.32 Å². The van der Waals surface area contributed by atoms with Crippen LogP contribution in [0.25, 0.3) is 0 Å². The second kappa shape index (κ2) is 6.41. The number of unbranched alkanes of at least 4 members (excludes halogenated alkanes) is 1. The van der Waals surface area contributed by atoms with Crippen molar-refractivity contribution >= 4 is 0 Å². The van der Waals surface area contributed by atoms with E-state index in [9.17, 15) is 0 Å². The Morgan fingerprint density at radius 2 is 2.21 bits per heavy atom. The number of nitrogens with zero attached hydrogens (tertiary/aromatic N) is 1. The van der Waals surface area contributed by atoms with Crippen molar-refractivity contribution in [1.82, 2.24) is 10.2 Å². The highest BCUT2D eigenvalue weighted by Crippen LogP contribution is 2.16. The van der Waals surface area contributed by atoms with Crippen LogP contribution in [-0.2, 0) is 0 Å². The lowest BCUT2D eigenvalue weighted by Crippen LogP contribution is -2.39. The summed E-state index contributed by atoms with van der Waals surface area (Å²) < 4.78 is 0. The van der Waals surface area contributed by atoms with Crippen molar-refractivity contribution in [3.63, 3.8) is 0 Å². The van der Waals surface area contributed by atoms with Crippen LogP contribution >= 0.6 is 0 Å². The molecule has 0 bridgehead atoms. The molecule has 0 amide bonds. The Hall–Kier alpha value is -0.0800. The van der Waals surface area contributed by atoms with Crippen LogP contribution in [0.4, 0.5) is 0 Å². The van der Waals surface area contributed by atoms with Gasteiger partial charge in [-0.3, -0.25) is 0 Å². The summed E-state index contributed by atoms with van der Waals surface area (Å²) in [6.07, 6.45) is 5.38. The quantitative estimate of drug-likeness (QED) is 0.728. The zero-order valence-corrected chi connectivity index (χ0v) is 10.1. The number of nitrogens with one attached hydrogen (secondary N) is 1. The van der Waals surface area contributed by atoms with E-state index in [-0.39, 0.29) is 0 Å². The van der Waals surface area contributed by atoms with E-state index >= 15 is 0 Å². The SMILES string of the molecule is CCCCN(C)CC1CCNC(C)C1. The summed E-state index contributed by atoms with van der Waals surface area (Å²) in [6, 6.07) is 0.730. The first-order valence-corrected chi connectivity index (χ1v) is 6.14. The zero-order valence-electron chi connectivity index (χ0n) is 10.1. The van der Waals surface area contributed by atoms with Gasteiger partial charge in [0.2, 0.25) is 0 Å². The van der Waals surface area contributed by atoms with Crippen LogP contribution in [0.15, 0.2) is 0 Å². The van der Waals surface area contributed by atoms with E-state index in [1.165, 1.54) is 45.3 Å². The highest BCUT2D eigenvalue weighted by atomic mass is 15.1. The van der Waals surface area contributed by atoms with Crippen molar-refractivity contribution in [1.29, 1.82) is 0 Å². The average molecular weight is 198 g/mol. The second-order valence-electron chi connectivity index (χ2n) is 4.86. The molecule has 0 radical (unpaired) electrons. The lowest BCUT2D eigenvalue weighted by molar-refractivity contribution is 0.218. The third-order valence-electron chi connectivity index (χ3n) is 3.20. The monoisotopic (exact) mass is 198 g/mol. The molecule has 2 unspecified atom stereocenters. The van der Waals surface area contributed by atoms with Crippen molar-refractivity contribution in [3.8, 4) is 0 Å². The summed E-state index contributed by atoms with van der Waals surface area (Å²) in [5.74, 6) is 0.924. The summed E-state index contributed by atoms with van der Waals surface area (Å²) in [7, 11) is 2.27. The van der Waals surface area contributed by atoms with Gasteiger partial charge < -0.3 is 10.2 Å². The van der Waals surface area contributed by atoms with Crippen molar-refractivity contribution in [2.24, 2.45) is 5.92 Å². The Kier molecular flexibility index (Phi) is 5.49. The van der Waals surface area contributed by atoms with Gasteiger partial charge in [0.15, 0.2) is 0 Å². The van der Waals surface area contributed by atoms with Crippen molar-refractivity contribution in [2.75, 3.05) is 26.7 Å². The van der Waals surface area contributed by atoms with Gasteiger partial charge in [-0.2, -0.15) is 0 Å². The van der Waals surface area contributed by atoms with Crippen LogP contribution in [0.1, 0.15) is 39.5 Å². The first-order valence-electron chi connectivity index (χ1n) is 6.14. The molecule has 1 saturated heterocycles. The molecule has 0 aromatic heterocycles. The van der Waals surface area contributed by atoms with Gasteiger partial charge in [-0.1, -0.05) is 13.3 Å². The molecular weight excluding hydrogens is 172 g/mol. The largest absolute Gasteiger partial charge is 0.314 e. The van der Waals surface area contributed by atoms with Crippen molar-refractivity contribution in [3.05, 3.63) is 0 Å². The lowest BCUT2D eigenvalue weighted by Gasteiger charge is -2.31. The minimum absolute atomic E-state index is 0.730. The van der Waals surface area contributed by atoms with Crippen LogP contribution in [0.2, 0.25) is 0 Å². The first kappa shape index (κ1) is 12.0. The summed E-state index contributed by atoms with van der Waals surface area (Å²) in [4.78, 5) is 2.51. The molecule has 84 valence electrons. The molecule has 0 aromatic rings. The van der Waals surface area contributed by atoms with Gasteiger partial charge in [0, 0.05) is 12.6 Å². The highest BCUT2D eigenvalue weighted by molar-refractivity contribution is 4.76. The van der Waals surface area contributed by atoms with Crippen molar-refractivity contribution in [2.45, 2.75) is 45.6 Å². The summed E-state index contributed by atoms with van der Waals surface area (Å²) in [5, 5.41) is 3.51. The summed E-state index contributed by atoms with van der Waals surface area (Å²) in [6.45, 7) is 8.35. The minimum atomic E-state index is 0.730. The fourth-order valence-electron chi connectivity index (χ4n) is 2.36. The van der Waals surface area contributed by atoms with Gasteiger partial charge in [0.1, 0.15) is 0 Å². The van der Waals surface area contributed by atoms with Gasteiger partial charge in [-0.15, -0.1) is 0 Å². The van der Waals surface area contributed by atoms with Gasteiger partial charge in [0.05, 0.1) is 0 Å². The molecule has 1 fully saturated rings. The van der Waals surface area contributed by atoms with E-state index in [0.717, 1.165) is 12.0 Å². The molecule has 1 rings (SSSR count). The molecule has 0 saturated carbocycles. The number of piperidine rings is 1. The molecular formula is C12H26N2. The van der Waals surface area contributed by atoms with E-state index in [1.54, 1.807) is 0 Å². The molecule has 1 aliphatic rings. The fourth-order valence-corrected chi connectivity index (χ4v) is 2.36. The van der Waals surface area contributed by atoms with Gasteiger partial charge in [0.25, 0.3) is 0 Å². The van der Waals surface area contributed by atoms with Crippen LogP contribution in [0, 0.1) is 5.92 Å². The Labute approximate surface area is 89.1 Å². The molecule has 2 heteroatoms. The van der Waals surface area contributed by atoms with E-state index in [4.69, 9.17) is 0 Å². The molecule has 1 heterocycles. The third kappa shape index (κ3) is 4.43. The van der Waals surface area contributed by atoms with Gasteiger partial charge in [-0.05, 0) is 52.2 Å². The second-order valence-corrected chi connectivity index (χ2v) is 4.86. The summed E-state index contributed by atoms with van der Waals surface area (Å²) in [5.41, 5.74) is 0. The van der Waals surface area contributed by atoms with E-state index in [0.29, 0.717) is 0 Å². The molecule has 2 atom stereocenters. The predicted molar refractivity (Wildman–Crippen MR) is 62.6 cm³/mol. The van der Waals surface area contributed by atoms with Gasteiger partial charge >= 0.3 is 0 Å². The smallest absolute Gasteiger partial charge is 0.00418 e. The zero-order chi connectivity index (χ0) is 10.4. The maximum absolute atomic E-state index is 3.51. The van der Waals surface area contributed by atoms with E-state index < -0.39 is 0 Å². The minimum Gasteiger partial charge on any atom is -0.314 e. The van der Waals surface area contributed by atoms with Crippen LogP contribution in [0.3, 0.4) is 0 Å². The van der Waals surface area contributed by atoms with E-state index in [1.807, 2.05) is 0 Å². The number of rotatable bonds is 5. The Balaban J connectivity index is 2.15. The summed E-state index contributed by atoms with van der Waals surface area (Å²) >= 11 is 0. The predicted octanol–water partition coefficient (Wildman–Crippen LogP) is 2.11. The number of hydrogen-bond donors (Lipinski definition) is 1. The topological polar surface area (TPSA) is 15.3 Å². The molecule has 1 N–H and O–H groups in total. The Bertz CT molecular complexity index is 147. The maximum Gasteiger partial charge on any atom is 0.00418 e. The highest BCUT2D eigenvalue weighted by Gasteiger charge is 2.19. The Morgan fingerprint density at radius 3 is 2.86 bits per heavy atom. The fraction of sp³-hybridized carbons (Fsp3) is 1.00. The third-order valence-corrected chi connectivity index (χ3v) is 3.20. The molecule has 1 aliphatic heterocycles. The van der Waals surface area contributed by atoms with Crippen LogP contribution in [0.5, 0.6) is 0 Å². The first-order chi connectivity index (χ1) is 6.72. The standard InChI is InChI=1S/C12H26N2/c1-4-5-8-14(3)10-12-6-7-13-11(2)9-12/h11-13H,4-10H2,1-3H3. The molecule has 2 nitrogen and oxygen atoms in total. The normalized spacial score (nSPS) is 28.3. The number of hydrogen-bond acceptors (Lipinski definition) is 2.